The van der Waals surface area contributed by atoms with Crippen molar-refractivity contribution in [3.05, 3.63) is 38.4 Å². The van der Waals surface area contributed by atoms with Crippen molar-refractivity contribution in [2.75, 3.05) is 11.9 Å². The van der Waals surface area contributed by atoms with Gasteiger partial charge in [0.15, 0.2) is 0 Å². The number of aliphatic hydroxyl groups is 2. The average molecular weight is 412 g/mol. The quantitative estimate of drug-likeness (QED) is 0.398. The van der Waals surface area contributed by atoms with Gasteiger partial charge in [0.2, 0.25) is 0 Å². The van der Waals surface area contributed by atoms with E-state index in [1.54, 1.807) is 20.8 Å². The fourth-order valence-electron chi connectivity index (χ4n) is 3.21. The molecule has 1 aromatic carbocycles. The number of rotatable bonds is 6. The van der Waals surface area contributed by atoms with Gasteiger partial charge in [-0.3, -0.25) is 20.2 Å². The number of benzene rings is 1. The zero-order chi connectivity index (χ0) is 21.9. The van der Waals surface area contributed by atoms with Crippen LogP contribution in [0.15, 0.2) is 18.2 Å². The molecule has 1 aliphatic rings. The first-order chi connectivity index (χ1) is 13.4. The fourth-order valence-corrected chi connectivity index (χ4v) is 3.21. The number of nitro benzene ring substituents is 2. The van der Waals surface area contributed by atoms with Crippen molar-refractivity contribution in [1.29, 1.82) is 0 Å². The molecule has 0 bridgehead atoms. The summed E-state index contributed by atoms with van der Waals surface area (Å²) >= 11 is 0. The van der Waals surface area contributed by atoms with E-state index in [0.29, 0.717) is 0 Å². The van der Waals surface area contributed by atoms with Crippen LogP contribution in [0.3, 0.4) is 0 Å². The number of carbonyl (C=O) groups is 1. The monoisotopic (exact) mass is 412 g/mol. The number of amides is 1. The zero-order valence-electron chi connectivity index (χ0n) is 16.2. The third kappa shape index (κ3) is 5.51. The third-order valence-electron chi connectivity index (χ3n) is 4.49. The van der Waals surface area contributed by atoms with Crippen molar-refractivity contribution >= 4 is 23.2 Å². The second-order valence-corrected chi connectivity index (χ2v) is 7.81. The topological polar surface area (TPSA) is 177 Å². The highest BCUT2D eigenvalue weighted by Gasteiger charge is 2.44. The molecule has 0 spiro atoms. The van der Waals surface area contributed by atoms with Crippen LogP contribution in [0.5, 0.6) is 0 Å². The summed E-state index contributed by atoms with van der Waals surface area (Å²) in [4.78, 5) is 32.8. The minimum absolute atomic E-state index is 0.00706. The molecule has 4 N–H and O–H groups in total. The second kappa shape index (κ2) is 8.57. The fraction of sp³-hybridized carbons (Fsp3) is 0.588. The maximum absolute atomic E-state index is 12.1. The molecule has 0 heterocycles. The molecule has 12 nitrogen and oxygen atoms in total. The van der Waals surface area contributed by atoms with E-state index in [1.165, 1.54) is 6.07 Å². The summed E-state index contributed by atoms with van der Waals surface area (Å²) in [7, 11) is 0. The number of nitrogens with one attached hydrogen (secondary N) is 2. The SMILES string of the molecule is CC(C)(C)OC(=O)N[C@H]1C(Nc2ccc([N+](=O)[O-])cc2[N+](=O)[O-])C[C@H](CO)[C@H]1O. The minimum atomic E-state index is -1.12. The molecule has 29 heavy (non-hydrogen) atoms. The van der Waals surface area contributed by atoms with Gasteiger partial charge in [0.1, 0.15) is 11.3 Å². The molecule has 2 rings (SSSR count). The van der Waals surface area contributed by atoms with E-state index in [4.69, 9.17) is 4.74 Å². The minimum Gasteiger partial charge on any atom is -0.444 e. The van der Waals surface area contributed by atoms with Crippen molar-refractivity contribution < 1.29 is 29.6 Å². The van der Waals surface area contributed by atoms with Crippen molar-refractivity contribution in [2.24, 2.45) is 5.92 Å². The number of alkyl carbamates (subject to hydrolysis) is 1. The number of nitro groups is 2. The molecule has 0 saturated heterocycles. The van der Waals surface area contributed by atoms with E-state index in [0.717, 1.165) is 12.1 Å². The third-order valence-corrected chi connectivity index (χ3v) is 4.49. The summed E-state index contributed by atoms with van der Waals surface area (Å²) in [6, 6.07) is 1.54. The lowest BCUT2D eigenvalue weighted by atomic mass is 10.1. The molecule has 1 aliphatic carbocycles. The van der Waals surface area contributed by atoms with Crippen molar-refractivity contribution in [3.63, 3.8) is 0 Å². The largest absolute Gasteiger partial charge is 0.444 e. The molecular weight excluding hydrogens is 388 g/mol. The molecule has 1 amide bonds. The Morgan fingerprint density at radius 3 is 2.45 bits per heavy atom. The number of hydrogen-bond donors (Lipinski definition) is 4. The smallest absolute Gasteiger partial charge is 0.408 e. The van der Waals surface area contributed by atoms with Gasteiger partial charge in [-0.25, -0.2) is 4.79 Å². The molecular formula is C17H24N4O8. The second-order valence-electron chi connectivity index (χ2n) is 7.81. The van der Waals surface area contributed by atoms with Gasteiger partial charge in [-0.15, -0.1) is 0 Å². The molecule has 0 radical (unpaired) electrons. The first kappa shape index (κ1) is 22.3. The normalized spacial score (nSPS) is 24.0. The van der Waals surface area contributed by atoms with Crippen LogP contribution >= 0.6 is 0 Å². The van der Waals surface area contributed by atoms with Gasteiger partial charge in [-0.2, -0.15) is 0 Å². The van der Waals surface area contributed by atoms with Crippen molar-refractivity contribution in [2.45, 2.75) is 51.0 Å². The number of nitrogens with zero attached hydrogens (tertiary/aromatic N) is 2. The van der Waals surface area contributed by atoms with Crippen molar-refractivity contribution in [1.82, 2.24) is 5.32 Å². The van der Waals surface area contributed by atoms with Gasteiger partial charge in [-0.05, 0) is 33.3 Å². The van der Waals surface area contributed by atoms with E-state index in [1.807, 2.05) is 0 Å². The predicted octanol–water partition coefficient (Wildman–Crippen LogP) is 1.55. The Morgan fingerprint density at radius 2 is 1.93 bits per heavy atom. The van der Waals surface area contributed by atoms with E-state index in [2.05, 4.69) is 10.6 Å². The van der Waals surface area contributed by atoms with Crippen LogP contribution in [-0.2, 0) is 4.74 Å². The van der Waals surface area contributed by atoms with Gasteiger partial charge in [0.05, 0.1) is 28.1 Å². The Balaban J connectivity index is 2.27. The van der Waals surface area contributed by atoms with Gasteiger partial charge in [0.25, 0.3) is 11.4 Å². The first-order valence-corrected chi connectivity index (χ1v) is 8.90. The Hall–Kier alpha value is -2.99. The Labute approximate surface area is 166 Å². The van der Waals surface area contributed by atoms with E-state index >= 15 is 0 Å². The lowest BCUT2D eigenvalue weighted by Crippen LogP contribution is -2.50. The molecule has 12 heteroatoms. The Morgan fingerprint density at radius 1 is 1.28 bits per heavy atom. The maximum Gasteiger partial charge on any atom is 0.408 e. The molecule has 1 fully saturated rings. The number of ether oxygens (including phenoxy) is 1. The van der Waals surface area contributed by atoms with Crippen molar-refractivity contribution in [3.8, 4) is 0 Å². The maximum atomic E-state index is 12.1. The van der Waals surface area contributed by atoms with E-state index < -0.39 is 57.0 Å². The van der Waals surface area contributed by atoms with Crippen LogP contribution < -0.4 is 10.6 Å². The van der Waals surface area contributed by atoms with Gasteiger partial charge in [0, 0.05) is 24.6 Å². The highest BCUT2D eigenvalue weighted by Crippen LogP contribution is 2.34. The molecule has 160 valence electrons. The number of carbonyl (C=O) groups excluding carboxylic acids is 1. The molecule has 1 aromatic rings. The lowest BCUT2D eigenvalue weighted by Gasteiger charge is -2.27. The summed E-state index contributed by atoms with van der Waals surface area (Å²) in [5.74, 6) is -0.579. The van der Waals surface area contributed by atoms with Crippen LogP contribution in [0.2, 0.25) is 0 Å². The van der Waals surface area contributed by atoms with Crippen LogP contribution in [0.1, 0.15) is 27.2 Å². The highest BCUT2D eigenvalue weighted by molar-refractivity contribution is 5.69. The van der Waals surface area contributed by atoms with Gasteiger partial charge >= 0.3 is 6.09 Å². The molecule has 4 atom stereocenters. The Kier molecular flexibility index (Phi) is 6.59. The summed E-state index contributed by atoms with van der Waals surface area (Å²) in [5, 5.41) is 47.5. The van der Waals surface area contributed by atoms with Gasteiger partial charge in [-0.1, -0.05) is 0 Å². The molecule has 1 saturated carbocycles. The summed E-state index contributed by atoms with van der Waals surface area (Å²) in [6.45, 7) is 4.66. The van der Waals surface area contributed by atoms with Crippen LogP contribution in [0.25, 0.3) is 0 Å². The van der Waals surface area contributed by atoms with Crippen LogP contribution in [0, 0.1) is 26.1 Å². The predicted molar refractivity (Wildman–Crippen MR) is 102 cm³/mol. The number of aliphatic hydroxyl groups excluding tert-OH is 2. The number of hydrogen-bond acceptors (Lipinski definition) is 9. The number of non-ortho nitro benzene ring substituents is 1. The summed E-state index contributed by atoms with van der Waals surface area (Å²) in [6.07, 6.45) is -1.71. The highest BCUT2D eigenvalue weighted by atomic mass is 16.6. The van der Waals surface area contributed by atoms with E-state index in [-0.39, 0.29) is 18.7 Å². The zero-order valence-corrected chi connectivity index (χ0v) is 16.2. The summed E-state index contributed by atoms with van der Waals surface area (Å²) in [5.41, 5.74) is -1.74. The van der Waals surface area contributed by atoms with E-state index in [9.17, 15) is 35.2 Å². The average Bonchev–Trinajstić information content (AvgIpc) is 2.88. The molecule has 0 aromatic heterocycles. The first-order valence-electron chi connectivity index (χ1n) is 8.90. The molecule has 1 unspecified atom stereocenters. The number of anilines is 1. The van der Waals surface area contributed by atoms with Gasteiger partial charge < -0.3 is 25.6 Å². The summed E-state index contributed by atoms with van der Waals surface area (Å²) < 4.78 is 5.18. The standard InChI is InChI=1S/C17H24N4O8/c1-17(2,3)29-16(24)19-14-12(6-9(8-22)15(14)23)18-11-5-4-10(20(25)26)7-13(11)21(27)28/h4-5,7,9,12,14-15,18,22-23H,6,8H2,1-3H3,(H,19,24)/t9-,12?,14+,15-/m1/s1. The van der Waals surface area contributed by atoms with Crippen LogP contribution in [0.4, 0.5) is 21.9 Å². The Bertz CT molecular complexity index is 794. The van der Waals surface area contributed by atoms with Crippen LogP contribution in [-0.4, -0.2) is 56.5 Å². The molecule has 0 aliphatic heterocycles. The lowest BCUT2D eigenvalue weighted by molar-refractivity contribution is -0.393.